The summed E-state index contributed by atoms with van der Waals surface area (Å²) < 4.78 is 11.0. The van der Waals surface area contributed by atoms with Gasteiger partial charge in [-0.1, -0.05) is 46.6 Å². The number of ether oxygens (including phenoxy) is 2. The molecule has 0 bridgehead atoms. The Kier molecular flexibility index (Phi) is 9.59. The van der Waals surface area contributed by atoms with Crippen LogP contribution in [0.1, 0.15) is 71.3 Å². The predicted octanol–water partition coefficient (Wildman–Crippen LogP) is 4.29. The molecule has 2 heterocycles. The average molecular weight is 477 g/mol. The number of benzene rings is 1. The van der Waals surface area contributed by atoms with Crippen LogP contribution >= 0.6 is 0 Å². The van der Waals surface area contributed by atoms with Gasteiger partial charge in [-0.15, -0.1) is 0 Å². The third-order valence-corrected chi connectivity index (χ3v) is 6.78. The molecule has 2 unspecified atom stereocenters. The number of hydroxylamine groups is 2. The Morgan fingerprint density at radius 3 is 2.62 bits per heavy atom. The van der Waals surface area contributed by atoms with Crippen LogP contribution in [0.15, 0.2) is 18.2 Å². The monoisotopic (exact) mass is 476 g/mol. The first-order chi connectivity index (χ1) is 16.4. The number of hydrogen-bond donors (Lipinski definition) is 1. The van der Waals surface area contributed by atoms with Crippen molar-refractivity contribution in [3.05, 3.63) is 23.8 Å². The van der Waals surface area contributed by atoms with Gasteiger partial charge in [0.05, 0.1) is 19.1 Å². The fourth-order valence-corrected chi connectivity index (χ4v) is 5.21. The standard InChI is InChI=1S/C26H40N2O6/c1-5-8-18(4)13-21-25(26(30)31)20(19-9-10-22-23(14-19)33-17-32-22)15-27(21)16-24(29)28(11-6-2)34-12-7-3/h9-10,14,18,20-21,25H,5-8,11-13,15-17H2,1-4H3,(H,30,31)/t18?,20-,21+,25?/m1/s1. The largest absolute Gasteiger partial charge is 0.481 e. The average Bonchev–Trinajstić information content (AvgIpc) is 3.41. The molecule has 1 amide bonds. The van der Waals surface area contributed by atoms with E-state index in [9.17, 15) is 14.7 Å². The zero-order chi connectivity index (χ0) is 24.7. The summed E-state index contributed by atoms with van der Waals surface area (Å²) in [5, 5.41) is 11.8. The Balaban J connectivity index is 1.87. The number of likely N-dealkylation sites (tertiary alicyclic amines) is 1. The lowest BCUT2D eigenvalue weighted by atomic mass is 9.81. The number of aliphatic carboxylic acids is 1. The second kappa shape index (κ2) is 12.4. The number of nitrogens with zero attached hydrogens (tertiary/aromatic N) is 2. The molecule has 1 aromatic carbocycles. The zero-order valence-corrected chi connectivity index (χ0v) is 21.0. The van der Waals surface area contributed by atoms with E-state index in [2.05, 4.69) is 18.7 Å². The van der Waals surface area contributed by atoms with Gasteiger partial charge in [-0.25, -0.2) is 5.06 Å². The molecule has 8 heteroatoms. The summed E-state index contributed by atoms with van der Waals surface area (Å²) in [5.74, 6) is -0.0874. The number of carbonyl (C=O) groups is 2. The molecule has 1 aromatic rings. The molecule has 1 N–H and O–H groups in total. The maximum Gasteiger partial charge on any atom is 0.308 e. The quantitative estimate of drug-likeness (QED) is 0.425. The minimum atomic E-state index is -0.820. The number of amides is 1. The van der Waals surface area contributed by atoms with Crippen molar-refractivity contribution in [3.63, 3.8) is 0 Å². The summed E-state index contributed by atoms with van der Waals surface area (Å²) in [6, 6.07) is 5.45. The Hall–Kier alpha value is -2.32. The lowest BCUT2D eigenvalue weighted by Gasteiger charge is -2.30. The topological polar surface area (TPSA) is 88.5 Å². The zero-order valence-electron chi connectivity index (χ0n) is 21.0. The van der Waals surface area contributed by atoms with Crippen LogP contribution in [0.25, 0.3) is 0 Å². The molecule has 2 aliphatic heterocycles. The number of carbonyl (C=O) groups excluding carboxylic acids is 1. The molecule has 4 atom stereocenters. The second-order valence-corrected chi connectivity index (χ2v) is 9.54. The summed E-state index contributed by atoms with van der Waals surface area (Å²) in [7, 11) is 0. The minimum Gasteiger partial charge on any atom is -0.481 e. The van der Waals surface area contributed by atoms with E-state index in [1.165, 1.54) is 5.06 Å². The van der Waals surface area contributed by atoms with Crippen LogP contribution in [0, 0.1) is 11.8 Å². The molecule has 0 spiro atoms. The predicted molar refractivity (Wildman–Crippen MR) is 129 cm³/mol. The molecule has 0 radical (unpaired) electrons. The number of carboxylic acid groups (broad SMARTS) is 1. The molecule has 0 saturated carbocycles. The van der Waals surface area contributed by atoms with E-state index in [1.807, 2.05) is 32.0 Å². The summed E-state index contributed by atoms with van der Waals surface area (Å²) in [6.45, 7) is 10.2. The Bertz CT molecular complexity index is 832. The number of hydrogen-bond acceptors (Lipinski definition) is 6. The van der Waals surface area contributed by atoms with E-state index in [0.29, 0.717) is 37.1 Å². The van der Waals surface area contributed by atoms with E-state index in [-0.39, 0.29) is 31.2 Å². The Labute approximate surface area is 203 Å². The van der Waals surface area contributed by atoms with Crippen molar-refractivity contribution >= 4 is 11.9 Å². The fourth-order valence-electron chi connectivity index (χ4n) is 5.21. The van der Waals surface area contributed by atoms with Gasteiger partial charge < -0.3 is 14.6 Å². The molecule has 3 rings (SSSR count). The van der Waals surface area contributed by atoms with E-state index < -0.39 is 11.9 Å². The van der Waals surface area contributed by atoms with E-state index in [4.69, 9.17) is 14.3 Å². The fraction of sp³-hybridized carbons (Fsp3) is 0.692. The smallest absolute Gasteiger partial charge is 0.308 e. The maximum absolute atomic E-state index is 13.2. The van der Waals surface area contributed by atoms with Gasteiger partial charge in [0.15, 0.2) is 11.5 Å². The molecule has 1 saturated heterocycles. The molecule has 8 nitrogen and oxygen atoms in total. The normalized spacial score (nSPS) is 22.6. The van der Waals surface area contributed by atoms with Crippen LogP contribution < -0.4 is 9.47 Å². The van der Waals surface area contributed by atoms with Crippen molar-refractivity contribution in [1.82, 2.24) is 9.96 Å². The summed E-state index contributed by atoms with van der Waals surface area (Å²) in [5.41, 5.74) is 0.910. The summed E-state index contributed by atoms with van der Waals surface area (Å²) in [6.07, 6.45) is 4.43. The Morgan fingerprint density at radius 1 is 1.18 bits per heavy atom. The molecule has 0 aromatic heterocycles. The second-order valence-electron chi connectivity index (χ2n) is 9.54. The van der Waals surface area contributed by atoms with Crippen molar-refractivity contribution in [2.45, 2.75) is 71.8 Å². The number of rotatable bonds is 13. The first-order valence-electron chi connectivity index (χ1n) is 12.7. The molecular weight excluding hydrogens is 436 g/mol. The van der Waals surface area contributed by atoms with Gasteiger partial charge in [-0.2, -0.15) is 0 Å². The maximum atomic E-state index is 13.2. The van der Waals surface area contributed by atoms with E-state index in [0.717, 1.165) is 37.7 Å². The highest BCUT2D eigenvalue weighted by Crippen LogP contribution is 2.43. The molecular formula is C26H40N2O6. The SMILES string of the molecule is CCCON(CCC)C(=O)CN1C[C@H](c2ccc3c(c2)OCO3)C(C(=O)O)[C@@H]1CC(C)CCC. The molecule has 1 fully saturated rings. The molecule has 34 heavy (non-hydrogen) atoms. The van der Waals surface area contributed by atoms with Gasteiger partial charge in [0.25, 0.3) is 5.91 Å². The van der Waals surface area contributed by atoms with Crippen LogP contribution in [-0.2, 0) is 14.4 Å². The lowest BCUT2D eigenvalue weighted by Crippen LogP contribution is -2.45. The van der Waals surface area contributed by atoms with Gasteiger partial charge in [0.2, 0.25) is 6.79 Å². The van der Waals surface area contributed by atoms with Crippen LogP contribution in [0.5, 0.6) is 11.5 Å². The Morgan fingerprint density at radius 2 is 1.94 bits per heavy atom. The van der Waals surface area contributed by atoms with E-state index >= 15 is 0 Å². The van der Waals surface area contributed by atoms with Crippen LogP contribution in [0.4, 0.5) is 0 Å². The highest BCUT2D eigenvalue weighted by Gasteiger charge is 2.47. The highest BCUT2D eigenvalue weighted by atomic mass is 16.7. The van der Waals surface area contributed by atoms with Crippen molar-refractivity contribution < 1.29 is 29.0 Å². The minimum absolute atomic E-state index is 0.112. The van der Waals surface area contributed by atoms with E-state index in [1.54, 1.807) is 0 Å². The number of fused-ring (bicyclic) bond motifs is 1. The highest BCUT2D eigenvalue weighted by molar-refractivity contribution is 5.78. The lowest BCUT2D eigenvalue weighted by molar-refractivity contribution is -0.188. The summed E-state index contributed by atoms with van der Waals surface area (Å²) >= 11 is 0. The van der Waals surface area contributed by atoms with Crippen molar-refractivity contribution in [3.8, 4) is 11.5 Å². The molecule has 0 aliphatic carbocycles. The van der Waals surface area contributed by atoms with Gasteiger partial charge in [0, 0.05) is 25.0 Å². The van der Waals surface area contributed by atoms with Crippen LogP contribution in [0.2, 0.25) is 0 Å². The van der Waals surface area contributed by atoms with Crippen LogP contribution in [0.3, 0.4) is 0 Å². The summed E-state index contributed by atoms with van der Waals surface area (Å²) in [4.78, 5) is 33.6. The first-order valence-corrected chi connectivity index (χ1v) is 12.7. The van der Waals surface area contributed by atoms with Gasteiger partial charge in [0.1, 0.15) is 0 Å². The van der Waals surface area contributed by atoms with Crippen molar-refractivity contribution in [2.75, 3.05) is 33.0 Å². The molecule has 2 aliphatic rings. The van der Waals surface area contributed by atoms with Crippen LogP contribution in [-0.4, -0.2) is 66.0 Å². The third-order valence-electron chi connectivity index (χ3n) is 6.78. The van der Waals surface area contributed by atoms with Gasteiger partial charge in [-0.05, 0) is 42.9 Å². The van der Waals surface area contributed by atoms with Gasteiger partial charge >= 0.3 is 5.97 Å². The number of carboxylic acids is 1. The van der Waals surface area contributed by atoms with Crippen molar-refractivity contribution in [1.29, 1.82) is 0 Å². The van der Waals surface area contributed by atoms with Gasteiger partial charge in [-0.3, -0.25) is 19.3 Å². The first kappa shape index (κ1) is 26.3. The van der Waals surface area contributed by atoms with Crippen molar-refractivity contribution in [2.24, 2.45) is 11.8 Å². The molecule has 190 valence electrons. The third kappa shape index (κ3) is 6.21.